The van der Waals surface area contributed by atoms with Crippen LogP contribution in [0.1, 0.15) is 0 Å². The van der Waals surface area contributed by atoms with Gasteiger partial charge in [0, 0.05) is 53.2 Å². The minimum Gasteiger partial charge on any atom is -0.327 e. The highest BCUT2D eigenvalue weighted by atomic mass is 15.3. The van der Waals surface area contributed by atoms with Gasteiger partial charge in [-0.3, -0.25) is 4.98 Å². The van der Waals surface area contributed by atoms with E-state index in [9.17, 15) is 0 Å². The van der Waals surface area contributed by atoms with Gasteiger partial charge in [0.15, 0.2) is 0 Å². The molecule has 0 bridgehead atoms. The molecule has 0 aliphatic carbocycles. The molecule has 4 aromatic heterocycles. The summed E-state index contributed by atoms with van der Waals surface area (Å²) in [5.74, 6) is 0.944. The number of benzene rings is 4. The van der Waals surface area contributed by atoms with Crippen LogP contribution in [0.3, 0.4) is 0 Å². The van der Waals surface area contributed by atoms with E-state index in [1.165, 1.54) is 10.8 Å². The molecule has 0 aliphatic heterocycles. The molecular weight excluding hydrogens is 492 g/mol. The summed E-state index contributed by atoms with van der Waals surface area (Å²) in [6.07, 6.45) is 5.60. The number of imidazole rings is 1. The number of aryl methyl sites for hydroxylation is 1. The van der Waals surface area contributed by atoms with Gasteiger partial charge in [-0.05, 0) is 60.7 Å². The Labute approximate surface area is 230 Å². The summed E-state index contributed by atoms with van der Waals surface area (Å²) in [7, 11) is 2.08. The van der Waals surface area contributed by atoms with Gasteiger partial charge in [0.25, 0.3) is 0 Å². The molecule has 0 aliphatic rings. The number of fused-ring (bicyclic) bond motifs is 4. The lowest BCUT2D eigenvalue weighted by Crippen LogP contribution is -2.01. The van der Waals surface area contributed by atoms with E-state index in [0.29, 0.717) is 0 Å². The van der Waals surface area contributed by atoms with Gasteiger partial charge in [-0.2, -0.15) is 5.10 Å². The number of rotatable bonds is 4. The minimum absolute atomic E-state index is 0.916. The molecule has 0 unspecified atom stereocenters. The molecule has 0 spiro atoms. The van der Waals surface area contributed by atoms with E-state index in [1.54, 1.807) is 6.20 Å². The number of pyridine rings is 1. The molecule has 0 N–H and O–H groups in total. The van der Waals surface area contributed by atoms with Crippen LogP contribution in [0.15, 0.2) is 128 Å². The van der Waals surface area contributed by atoms with Crippen molar-refractivity contribution < 1.29 is 0 Å². The molecule has 6 nitrogen and oxygen atoms in total. The van der Waals surface area contributed by atoms with E-state index in [4.69, 9.17) is 4.98 Å². The molecule has 0 fully saturated rings. The van der Waals surface area contributed by atoms with Gasteiger partial charge in [-0.25, -0.2) is 9.67 Å². The van der Waals surface area contributed by atoms with Crippen molar-refractivity contribution in [3.8, 4) is 34.0 Å². The lowest BCUT2D eigenvalue weighted by molar-refractivity contribution is 0.879. The largest absolute Gasteiger partial charge is 0.327 e. The number of para-hydroxylation sites is 3. The van der Waals surface area contributed by atoms with Crippen LogP contribution in [0.25, 0.3) is 66.9 Å². The second-order valence-corrected chi connectivity index (χ2v) is 9.97. The fourth-order valence-corrected chi connectivity index (χ4v) is 5.75. The number of hydrogen-bond acceptors (Lipinski definition) is 3. The van der Waals surface area contributed by atoms with E-state index >= 15 is 0 Å². The average molecular weight is 517 g/mol. The molecule has 4 heterocycles. The zero-order chi connectivity index (χ0) is 26.6. The predicted octanol–water partition coefficient (Wildman–Crippen LogP) is 7.59. The topological polar surface area (TPSA) is 53.5 Å². The first-order valence-electron chi connectivity index (χ1n) is 13.3. The summed E-state index contributed by atoms with van der Waals surface area (Å²) in [6.45, 7) is 0. The van der Waals surface area contributed by atoms with Gasteiger partial charge >= 0.3 is 0 Å². The normalized spacial score (nSPS) is 11.6. The lowest BCUT2D eigenvalue weighted by Gasteiger charge is -2.14. The summed E-state index contributed by atoms with van der Waals surface area (Å²) < 4.78 is 6.41. The quantitative estimate of drug-likeness (QED) is 0.242. The van der Waals surface area contributed by atoms with Gasteiger partial charge in [0.2, 0.25) is 0 Å². The molecule has 40 heavy (non-hydrogen) atoms. The monoisotopic (exact) mass is 516 g/mol. The summed E-state index contributed by atoms with van der Waals surface area (Å²) in [5.41, 5.74) is 9.41. The Morgan fingerprint density at radius 3 is 2.23 bits per heavy atom. The van der Waals surface area contributed by atoms with Crippen LogP contribution in [0.5, 0.6) is 0 Å². The van der Waals surface area contributed by atoms with E-state index in [1.807, 2.05) is 47.4 Å². The molecule has 6 heteroatoms. The van der Waals surface area contributed by atoms with Crippen LogP contribution < -0.4 is 0 Å². The maximum absolute atomic E-state index is 4.98. The molecule has 0 atom stereocenters. The maximum atomic E-state index is 4.98. The van der Waals surface area contributed by atoms with Crippen molar-refractivity contribution in [3.05, 3.63) is 128 Å². The van der Waals surface area contributed by atoms with Crippen LogP contribution in [-0.2, 0) is 7.05 Å². The third-order valence-electron chi connectivity index (χ3n) is 7.61. The van der Waals surface area contributed by atoms with Crippen molar-refractivity contribution in [2.24, 2.45) is 7.05 Å². The van der Waals surface area contributed by atoms with Crippen molar-refractivity contribution in [3.63, 3.8) is 0 Å². The van der Waals surface area contributed by atoms with Crippen molar-refractivity contribution in [2.75, 3.05) is 0 Å². The van der Waals surface area contributed by atoms with Gasteiger partial charge in [0.1, 0.15) is 5.82 Å². The van der Waals surface area contributed by atoms with Crippen LogP contribution >= 0.6 is 0 Å². The Morgan fingerprint density at radius 2 is 1.40 bits per heavy atom. The third kappa shape index (κ3) is 3.47. The lowest BCUT2D eigenvalue weighted by atomic mass is 10.1. The molecule has 4 aromatic carbocycles. The highest BCUT2D eigenvalue weighted by Crippen LogP contribution is 2.36. The summed E-state index contributed by atoms with van der Waals surface area (Å²) >= 11 is 0. The Balaban J connectivity index is 1.42. The molecular formula is C34H24N6. The summed E-state index contributed by atoms with van der Waals surface area (Å²) in [4.78, 5) is 9.63. The van der Waals surface area contributed by atoms with Crippen LogP contribution in [0, 0.1) is 0 Å². The molecule has 8 rings (SSSR count). The zero-order valence-electron chi connectivity index (χ0n) is 21.8. The van der Waals surface area contributed by atoms with E-state index < -0.39 is 0 Å². The molecule has 0 amide bonds. The second kappa shape index (κ2) is 8.78. The molecule has 0 saturated heterocycles. The second-order valence-electron chi connectivity index (χ2n) is 9.97. The van der Waals surface area contributed by atoms with E-state index in [2.05, 4.69) is 105 Å². The molecule has 190 valence electrons. The summed E-state index contributed by atoms with van der Waals surface area (Å²) in [6, 6.07) is 38.0. The van der Waals surface area contributed by atoms with E-state index in [-0.39, 0.29) is 0 Å². The highest BCUT2D eigenvalue weighted by Gasteiger charge is 2.17. The van der Waals surface area contributed by atoms with Crippen molar-refractivity contribution in [1.29, 1.82) is 0 Å². The van der Waals surface area contributed by atoms with Gasteiger partial charge in [-0.15, -0.1) is 0 Å². The number of aromatic nitrogens is 6. The first kappa shape index (κ1) is 22.5. The smallest absolute Gasteiger partial charge is 0.140 e. The Morgan fingerprint density at radius 1 is 0.600 bits per heavy atom. The Bertz CT molecular complexity index is 2170. The van der Waals surface area contributed by atoms with Crippen LogP contribution in [0.4, 0.5) is 0 Å². The van der Waals surface area contributed by atoms with Crippen molar-refractivity contribution in [1.82, 2.24) is 28.9 Å². The molecule has 8 aromatic rings. The molecule has 0 saturated carbocycles. The first-order chi connectivity index (χ1) is 19.7. The number of nitrogens with zero attached hydrogens (tertiary/aromatic N) is 6. The first-order valence-corrected chi connectivity index (χ1v) is 13.3. The van der Waals surface area contributed by atoms with Crippen molar-refractivity contribution in [2.45, 2.75) is 0 Å². The highest BCUT2D eigenvalue weighted by molar-refractivity contribution is 6.10. The van der Waals surface area contributed by atoms with Crippen LogP contribution in [-0.4, -0.2) is 28.9 Å². The SMILES string of the molecule is Cn1c(-c2ccc3c4ccccc4n(-c4cc(-c5ccccn5)cc(-n5cccn5)c4)c3c2)nc2ccccc21. The Hall–Kier alpha value is -5.49. The Kier molecular flexibility index (Phi) is 4.94. The van der Waals surface area contributed by atoms with Gasteiger partial charge in [-0.1, -0.05) is 48.5 Å². The summed E-state index contributed by atoms with van der Waals surface area (Å²) in [5, 5.41) is 6.93. The van der Waals surface area contributed by atoms with Crippen molar-refractivity contribution >= 4 is 32.8 Å². The minimum atomic E-state index is 0.916. The third-order valence-corrected chi connectivity index (χ3v) is 7.61. The van der Waals surface area contributed by atoms with Gasteiger partial charge < -0.3 is 9.13 Å². The number of hydrogen-bond donors (Lipinski definition) is 0. The van der Waals surface area contributed by atoms with Crippen LogP contribution in [0.2, 0.25) is 0 Å². The van der Waals surface area contributed by atoms with Gasteiger partial charge in [0.05, 0.1) is 33.4 Å². The zero-order valence-corrected chi connectivity index (χ0v) is 21.8. The average Bonchev–Trinajstić information content (AvgIpc) is 3.74. The fourth-order valence-electron chi connectivity index (χ4n) is 5.75. The molecule has 0 radical (unpaired) electrons. The van der Waals surface area contributed by atoms with E-state index in [0.717, 1.165) is 56.1 Å². The standard InChI is InChI=1S/C34H24N6/c1-38-32-13-5-3-11-30(32)37-34(38)23-14-15-28-27-9-2-4-12-31(27)40(33(28)21-23)26-20-24(29-10-6-7-16-35-29)19-25(22-26)39-18-8-17-36-39/h2-22H,1H3. The maximum Gasteiger partial charge on any atom is 0.140 e. The fraction of sp³-hybridized carbons (Fsp3) is 0.0294. The predicted molar refractivity (Wildman–Crippen MR) is 161 cm³/mol.